The fourth-order valence-electron chi connectivity index (χ4n) is 4.93. The van der Waals surface area contributed by atoms with Gasteiger partial charge in [-0.2, -0.15) is 0 Å². The maximum atomic E-state index is 12.0. The molecule has 0 spiro atoms. The average Bonchev–Trinajstić information content (AvgIpc) is 3.08. The van der Waals surface area contributed by atoms with Gasteiger partial charge in [-0.3, -0.25) is 9.05 Å². The predicted molar refractivity (Wildman–Crippen MR) is 136 cm³/mol. The third-order valence-corrected chi connectivity index (χ3v) is 8.24. The van der Waals surface area contributed by atoms with Gasteiger partial charge in [-0.05, 0) is 6.42 Å². The van der Waals surface area contributed by atoms with E-state index in [0.717, 1.165) is 23.7 Å². The van der Waals surface area contributed by atoms with Gasteiger partial charge in [0, 0.05) is 19.3 Å². The van der Waals surface area contributed by atoms with Crippen molar-refractivity contribution in [3.63, 3.8) is 0 Å². The first-order chi connectivity index (χ1) is 15.4. The van der Waals surface area contributed by atoms with Gasteiger partial charge in [-0.15, -0.1) is 0 Å². The molecule has 0 aliphatic carbocycles. The molecule has 1 heterocycles. The third kappa shape index (κ3) is 15.8. The van der Waals surface area contributed by atoms with Crippen LogP contribution in [0.4, 0.5) is 0 Å². The van der Waals surface area contributed by atoms with Gasteiger partial charge < -0.3 is 9.38 Å². The van der Waals surface area contributed by atoms with Crippen molar-refractivity contribution in [2.75, 3.05) is 33.9 Å². The summed E-state index contributed by atoms with van der Waals surface area (Å²) < 4.78 is 23.3. The molecule has 0 amide bonds. The second kappa shape index (κ2) is 18.4. The summed E-state index contributed by atoms with van der Waals surface area (Å²) in [7, 11) is 0.564. The van der Waals surface area contributed by atoms with Crippen LogP contribution >= 0.6 is 7.82 Å². The number of rotatable bonds is 22. The van der Waals surface area contributed by atoms with E-state index in [1.165, 1.54) is 109 Å². The van der Waals surface area contributed by atoms with Gasteiger partial charge >= 0.3 is 7.82 Å². The quantitative estimate of drug-likeness (QED) is 0.0976. The van der Waals surface area contributed by atoms with Crippen molar-refractivity contribution < 1.29 is 23.0 Å². The second-order valence-electron chi connectivity index (χ2n) is 10.5. The minimum atomic E-state index is -3.89. The lowest BCUT2D eigenvalue weighted by Gasteiger charge is -2.31. The maximum Gasteiger partial charge on any atom is 0.472 e. The fourth-order valence-corrected chi connectivity index (χ4v) is 5.70. The molecule has 0 radical (unpaired) electrons. The Balaban J connectivity index is 1.82. The molecule has 1 rings (SSSR count). The number of likely N-dealkylation sites (tertiary alicyclic amines) is 1. The van der Waals surface area contributed by atoms with E-state index in [2.05, 4.69) is 21.0 Å². The average molecular weight is 477 g/mol. The molecule has 0 aromatic rings. The van der Waals surface area contributed by atoms with Crippen LogP contribution in [-0.4, -0.2) is 49.3 Å². The summed E-state index contributed by atoms with van der Waals surface area (Å²) in [5.41, 5.74) is 0. The number of unbranched alkanes of at least 4 members (excludes halogenated alkanes) is 15. The molecular formula is C26H55NO4P+. The van der Waals surface area contributed by atoms with Crippen molar-refractivity contribution >= 4 is 7.82 Å². The van der Waals surface area contributed by atoms with E-state index >= 15 is 0 Å². The topological polar surface area (TPSA) is 55.8 Å². The van der Waals surface area contributed by atoms with Crippen LogP contribution in [0.2, 0.25) is 0 Å². The highest BCUT2D eigenvalue weighted by Gasteiger charge is 2.34. The highest BCUT2D eigenvalue weighted by Crippen LogP contribution is 2.43. The number of phosphoric acid groups is 1. The van der Waals surface area contributed by atoms with Crippen molar-refractivity contribution in [1.82, 2.24) is 0 Å². The summed E-state index contributed by atoms with van der Waals surface area (Å²) in [5, 5.41) is 0. The standard InChI is InChI=1S/C26H54NO4P/c1-4-5-6-7-8-9-10-11-12-13-14-15-16-17-18-19-24-30-32(28,29)31-25-22-26-21-20-23-27(26,2)3/h26H,4-25H2,1-3H3/p+1. The molecule has 1 fully saturated rings. The monoisotopic (exact) mass is 476 g/mol. The second-order valence-corrected chi connectivity index (χ2v) is 12.0. The Bertz CT molecular complexity index is 486. The van der Waals surface area contributed by atoms with E-state index in [9.17, 15) is 9.46 Å². The lowest BCUT2D eigenvalue weighted by atomic mass is 10.0. The van der Waals surface area contributed by atoms with Crippen molar-refractivity contribution in [1.29, 1.82) is 0 Å². The molecule has 0 bridgehead atoms. The fraction of sp³-hybridized carbons (Fsp3) is 1.00. The predicted octanol–water partition coefficient (Wildman–Crippen LogP) is 8.01. The van der Waals surface area contributed by atoms with E-state index < -0.39 is 7.82 Å². The van der Waals surface area contributed by atoms with Crippen LogP contribution in [0.25, 0.3) is 0 Å². The van der Waals surface area contributed by atoms with Gasteiger partial charge in [0.25, 0.3) is 0 Å². The smallest absolute Gasteiger partial charge is 0.326 e. The van der Waals surface area contributed by atoms with Crippen LogP contribution in [0.15, 0.2) is 0 Å². The number of hydrogen-bond donors (Lipinski definition) is 1. The Labute approximate surface area is 199 Å². The van der Waals surface area contributed by atoms with Crippen molar-refractivity contribution in [2.45, 2.75) is 135 Å². The van der Waals surface area contributed by atoms with Gasteiger partial charge in [0.15, 0.2) is 0 Å². The zero-order valence-corrected chi connectivity index (χ0v) is 22.6. The summed E-state index contributed by atoms with van der Waals surface area (Å²) >= 11 is 0. The largest absolute Gasteiger partial charge is 0.472 e. The van der Waals surface area contributed by atoms with E-state index in [0.29, 0.717) is 19.3 Å². The van der Waals surface area contributed by atoms with Crippen LogP contribution in [0, 0.1) is 0 Å². The van der Waals surface area contributed by atoms with E-state index in [4.69, 9.17) is 9.05 Å². The van der Waals surface area contributed by atoms with Gasteiger partial charge in [-0.1, -0.05) is 103 Å². The zero-order chi connectivity index (χ0) is 23.5. The summed E-state index contributed by atoms with van der Waals surface area (Å²) in [6, 6.07) is 0.523. The Hall–Kier alpha value is 0.0700. The molecule has 1 aliphatic heterocycles. The minimum Gasteiger partial charge on any atom is -0.326 e. The van der Waals surface area contributed by atoms with Crippen LogP contribution in [0.3, 0.4) is 0 Å². The first-order valence-electron chi connectivity index (χ1n) is 13.8. The molecule has 192 valence electrons. The first-order valence-corrected chi connectivity index (χ1v) is 15.3. The molecule has 0 aromatic carbocycles. The normalized spacial score (nSPS) is 19.9. The zero-order valence-electron chi connectivity index (χ0n) is 21.7. The molecule has 2 atom stereocenters. The molecule has 5 nitrogen and oxygen atoms in total. The summed E-state index contributed by atoms with van der Waals surface area (Å²) in [6.45, 7) is 4.08. The molecule has 1 saturated heterocycles. The summed E-state index contributed by atoms with van der Waals surface area (Å²) in [4.78, 5) is 9.85. The SMILES string of the molecule is CCCCCCCCCCCCCCCCCCOP(=O)(O)OCCC1CCC[N+]1(C)C. The third-order valence-electron chi connectivity index (χ3n) is 7.22. The Morgan fingerprint density at radius 2 is 1.19 bits per heavy atom. The highest BCUT2D eigenvalue weighted by atomic mass is 31.2. The molecule has 0 aromatic heterocycles. The Morgan fingerprint density at radius 3 is 1.62 bits per heavy atom. The van der Waals surface area contributed by atoms with Crippen molar-refractivity contribution in [2.24, 2.45) is 0 Å². The molecular weight excluding hydrogens is 421 g/mol. The van der Waals surface area contributed by atoms with E-state index in [-0.39, 0.29) is 0 Å². The highest BCUT2D eigenvalue weighted by molar-refractivity contribution is 7.47. The summed E-state index contributed by atoms with van der Waals surface area (Å²) in [6.07, 6.45) is 24.3. The van der Waals surface area contributed by atoms with Crippen LogP contribution in [-0.2, 0) is 13.6 Å². The summed E-state index contributed by atoms with van der Waals surface area (Å²) in [5.74, 6) is 0. The van der Waals surface area contributed by atoms with E-state index in [1.807, 2.05) is 0 Å². The Kier molecular flexibility index (Phi) is 17.3. The molecule has 6 heteroatoms. The maximum absolute atomic E-state index is 12.0. The molecule has 32 heavy (non-hydrogen) atoms. The van der Waals surface area contributed by atoms with Crippen LogP contribution in [0.1, 0.15) is 129 Å². The van der Waals surface area contributed by atoms with Crippen LogP contribution < -0.4 is 0 Å². The van der Waals surface area contributed by atoms with Gasteiger partial charge in [-0.25, -0.2) is 4.57 Å². The van der Waals surface area contributed by atoms with Gasteiger partial charge in [0.2, 0.25) is 0 Å². The molecule has 0 saturated carbocycles. The molecule has 2 unspecified atom stereocenters. The van der Waals surface area contributed by atoms with Gasteiger partial charge in [0.1, 0.15) is 0 Å². The Morgan fingerprint density at radius 1 is 0.750 bits per heavy atom. The van der Waals surface area contributed by atoms with Crippen molar-refractivity contribution in [3.05, 3.63) is 0 Å². The van der Waals surface area contributed by atoms with E-state index in [1.54, 1.807) is 0 Å². The molecule has 1 aliphatic rings. The minimum absolute atomic E-state index is 0.305. The number of quaternary nitrogens is 1. The van der Waals surface area contributed by atoms with Crippen LogP contribution in [0.5, 0.6) is 0 Å². The van der Waals surface area contributed by atoms with Crippen molar-refractivity contribution in [3.8, 4) is 0 Å². The number of phosphoric ester groups is 1. The molecule has 1 N–H and O–H groups in total. The lowest BCUT2D eigenvalue weighted by Crippen LogP contribution is -2.44. The van der Waals surface area contributed by atoms with Gasteiger partial charge in [0.05, 0.1) is 39.9 Å². The lowest BCUT2D eigenvalue weighted by molar-refractivity contribution is -0.902. The number of hydrogen-bond acceptors (Lipinski definition) is 3. The number of nitrogens with zero attached hydrogens (tertiary/aromatic N) is 1. The first kappa shape index (κ1) is 30.1.